The first-order valence-corrected chi connectivity index (χ1v) is 13.6. The fourth-order valence-electron chi connectivity index (χ4n) is 4.24. The highest BCUT2D eigenvalue weighted by Crippen LogP contribution is 2.35. The summed E-state index contributed by atoms with van der Waals surface area (Å²) in [5, 5.41) is 0. The summed E-state index contributed by atoms with van der Waals surface area (Å²) >= 11 is 3.00. The molecular weight excluding hydrogens is 488 g/mol. The number of hydrogen-bond donors (Lipinski definition) is 0. The lowest BCUT2D eigenvalue weighted by atomic mass is 9.93. The molecule has 2 heterocycles. The first-order valence-electron chi connectivity index (χ1n) is 11.6. The van der Waals surface area contributed by atoms with Gasteiger partial charge in [-0.2, -0.15) is 0 Å². The molecule has 0 spiro atoms. The second-order valence-electron chi connectivity index (χ2n) is 8.12. The number of ether oxygens (including phenoxy) is 1. The van der Waals surface area contributed by atoms with Gasteiger partial charge in [0.15, 0.2) is 4.80 Å². The lowest BCUT2D eigenvalue weighted by Gasteiger charge is -2.25. The van der Waals surface area contributed by atoms with Crippen molar-refractivity contribution in [3.63, 3.8) is 0 Å². The topological polar surface area (TPSA) is 60.7 Å². The zero-order chi connectivity index (χ0) is 25.1. The zero-order valence-electron chi connectivity index (χ0n) is 19.9. The minimum absolute atomic E-state index is 0.185. The molecule has 0 saturated heterocycles. The van der Waals surface area contributed by atoms with E-state index in [1.807, 2.05) is 97.3 Å². The Bertz CT molecular complexity index is 1600. The maximum atomic E-state index is 13.8. The molecule has 1 aliphatic heterocycles. The van der Waals surface area contributed by atoms with Gasteiger partial charge in [0, 0.05) is 10.5 Å². The molecule has 1 atom stereocenters. The Labute approximate surface area is 217 Å². The van der Waals surface area contributed by atoms with Gasteiger partial charge in [0.1, 0.15) is 0 Å². The number of carbonyl (C=O) groups excluding carboxylic acids is 1. The van der Waals surface area contributed by atoms with Gasteiger partial charge in [-0.25, -0.2) is 9.79 Å². The van der Waals surface area contributed by atoms with E-state index in [9.17, 15) is 9.59 Å². The molecule has 7 heteroatoms. The average Bonchev–Trinajstić information content (AvgIpc) is 3.23. The number of esters is 1. The SMILES string of the molecule is CCOC(=O)C1=C(c2ccccc2)N=c2sc(=Cc3ccc(SC)cc3)c(=O)n2C1c1ccccc1. The molecule has 3 aromatic carbocycles. The number of thioether (sulfide) groups is 1. The summed E-state index contributed by atoms with van der Waals surface area (Å²) in [7, 11) is 0. The monoisotopic (exact) mass is 512 g/mol. The summed E-state index contributed by atoms with van der Waals surface area (Å²) in [6.45, 7) is 2.00. The molecule has 1 aliphatic rings. The second kappa shape index (κ2) is 10.5. The van der Waals surface area contributed by atoms with Crippen LogP contribution in [0.1, 0.15) is 29.7 Å². The number of carbonyl (C=O) groups is 1. The van der Waals surface area contributed by atoms with Crippen LogP contribution in [0.3, 0.4) is 0 Å². The van der Waals surface area contributed by atoms with E-state index in [2.05, 4.69) is 0 Å². The van der Waals surface area contributed by atoms with Crippen molar-refractivity contribution in [1.29, 1.82) is 0 Å². The number of hydrogen-bond acceptors (Lipinski definition) is 6. The summed E-state index contributed by atoms with van der Waals surface area (Å²) < 4.78 is 7.67. The van der Waals surface area contributed by atoms with Gasteiger partial charge >= 0.3 is 5.97 Å². The average molecular weight is 513 g/mol. The molecule has 0 saturated carbocycles. The Kier molecular flexibility index (Phi) is 7.02. The molecule has 4 aromatic rings. The van der Waals surface area contributed by atoms with Gasteiger partial charge < -0.3 is 4.74 Å². The summed E-state index contributed by atoms with van der Waals surface area (Å²) in [5.41, 5.74) is 3.25. The van der Waals surface area contributed by atoms with Crippen LogP contribution in [0.4, 0.5) is 0 Å². The predicted octanol–water partition coefficient (Wildman–Crippen LogP) is 4.66. The van der Waals surface area contributed by atoms with Crippen molar-refractivity contribution in [2.75, 3.05) is 12.9 Å². The first-order chi connectivity index (χ1) is 17.6. The minimum Gasteiger partial charge on any atom is -0.463 e. The van der Waals surface area contributed by atoms with Crippen molar-refractivity contribution in [3.8, 4) is 0 Å². The predicted molar refractivity (Wildman–Crippen MR) is 146 cm³/mol. The Morgan fingerprint density at radius 2 is 1.69 bits per heavy atom. The lowest BCUT2D eigenvalue weighted by Crippen LogP contribution is -2.39. The van der Waals surface area contributed by atoms with Crippen LogP contribution in [0.15, 0.2) is 105 Å². The molecular formula is C29H24N2O3S2. The number of thiazole rings is 1. The van der Waals surface area contributed by atoms with Crippen molar-refractivity contribution in [3.05, 3.63) is 127 Å². The highest BCUT2D eigenvalue weighted by atomic mass is 32.2. The van der Waals surface area contributed by atoms with Gasteiger partial charge in [0.2, 0.25) is 0 Å². The Hall–Kier alpha value is -3.68. The van der Waals surface area contributed by atoms with Crippen LogP contribution in [-0.2, 0) is 9.53 Å². The highest BCUT2D eigenvalue weighted by Gasteiger charge is 2.35. The third-order valence-electron chi connectivity index (χ3n) is 5.90. The quantitative estimate of drug-likeness (QED) is 0.279. The van der Waals surface area contributed by atoms with Crippen molar-refractivity contribution >= 4 is 40.8 Å². The number of rotatable bonds is 6. The Balaban J connectivity index is 1.79. The van der Waals surface area contributed by atoms with Crippen LogP contribution in [0.2, 0.25) is 0 Å². The fourth-order valence-corrected chi connectivity index (χ4v) is 5.65. The lowest BCUT2D eigenvalue weighted by molar-refractivity contribution is -0.138. The Morgan fingerprint density at radius 3 is 2.33 bits per heavy atom. The third kappa shape index (κ3) is 4.59. The van der Waals surface area contributed by atoms with Crippen LogP contribution in [-0.4, -0.2) is 23.4 Å². The minimum atomic E-state index is -0.655. The maximum Gasteiger partial charge on any atom is 0.338 e. The van der Waals surface area contributed by atoms with E-state index in [1.54, 1.807) is 23.3 Å². The van der Waals surface area contributed by atoms with Crippen LogP contribution < -0.4 is 14.9 Å². The third-order valence-corrected chi connectivity index (χ3v) is 7.63. The van der Waals surface area contributed by atoms with E-state index in [4.69, 9.17) is 9.73 Å². The van der Waals surface area contributed by atoms with E-state index >= 15 is 0 Å². The van der Waals surface area contributed by atoms with Crippen molar-refractivity contribution in [2.24, 2.45) is 4.99 Å². The van der Waals surface area contributed by atoms with E-state index in [0.29, 0.717) is 20.6 Å². The van der Waals surface area contributed by atoms with E-state index in [-0.39, 0.29) is 12.2 Å². The number of aromatic nitrogens is 1. The maximum absolute atomic E-state index is 13.8. The number of benzene rings is 3. The molecule has 1 unspecified atom stereocenters. The van der Waals surface area contributed by atoms with Crippen LogP contribution >= 0.6 is 23.1 Å². The van der Waals surface area contributed by atoms with E-state index in [1.165, 1.54) is 11.3 Å². The molecule has 0 amide bonds. The van der Waals surface area contributed by atoms with Crippen LogP contribution in [0, 0.1) is 0 Å². The van der Waals surface area contributed by atoms with Gasteiger partial charge in [-0.3, -0.25) is 9.36 Å². The fraction of sp³-hybridized carbons (Fsp3) is 0.138. The van der Waals surface area contributed by atoms with E-state index < -0.39 is 12.0 Å². The molecule has 1 aromatic heterocycles. The van der Waals surface area contributed by atoms with Crippen molar-refractivity contribution < 1.29 is 9.53 Å². The van der Waals surface area contributed by atoms with Crippen molar-refractivity contribution in [1.82, 2.24) is 4.57 Å². The standard InChI is InChI=1S/C29H24N2O3S2/c1-3-34-28(33)24-25(20-10-6-4-7-11-20)30-29-31(26(24)21-12-8-5-9-13-21)27(32)23(36-29)18-19-14-16-22(35-2)17-15-19/h4-18,26H,3H2,1-2H3. The largest absolute Gasteiger partial charge is 0.463 e. The molecule has 180 valence electrons. The van der Waals surface area contributed by atoms with Crippen LogP contribution in [0.5, 0.6) is 0 Å². The highest BCUT2D eigenvalue weighted by molar-refractivity contribution is 7.98. The van der Waals surface area contributed by atoms with Gasteiger partial charge in [0.25, 0.3) is 5.56 Å². The first kappa shape index (κ1) is 24.0. The summed E-state index contributed by atoms with van der Waals surface area (Å²) in [6, 6.07) is 26.6. The molecule has 0 fully saturated rings. The Morgan fingerprint density at radius 1 is 1.03 bits per heavy atom. The van der Waals surface area contributed by atoms with Gasteiger partial charge in [-0.15, -0.1) is 11.8 Å². The summed E-state index contributed by atoms with van der Waals surface area (Å²) in [5.74, 6) is -0.476. The smallest absolute Gasteiger partial charge is 0.338 e. The molecule has 5 rings (SSSR count). The number of fused-ring (bicyclic) bond motifs is 1. The molecule has 0 aliphatic carbocycles. The number of nitrogens with zero attached hydrogens (tertiary/aromatic N) is 2. The van der Waals surface area contributed by atoms with Gasteiger partial charge in [-0.1, -0.05) is 84.1 Å². The summed E-state index contributed by atoms with van der Waals surface area (Å²) in [4.78, 5) is 33.7. The molecule has 0 bridgehead atoms. The second-order valence-corrected chi connectivity index (χ2v) is 10.0. The van der Waals surface area contributed by atoms with E-state index in [0.717, 1.165) is 21.6 Å². The molecule has 0 radical (unpaired) electrons. The molecule has 5 nitrogen and oxygen atoms in total. The van der Waals surface area contributed by atoms with Gasteiger partial charge in [-0.05, 0) is 42.5 Å². The normalized spacial score (nSPS) is 15.4. The van der Waals surface area contributed by atoms with Crippen LogP contribution in [0.25, 0.3) is 11.8 Å². The summed E-state index contributed by atoms with van der Waals surface area (Å²) in [6.07, 6.45) is 3.91. The zero-order valence-corrected chi connectivity index (χ0v) is 21.5. The van der Waals surface area contributed by atoms with Gasteiger partial charge in [0.05, 0.1) is 28.5 Å². The van der Waals surface area contributed by atoms with Crippen molar-refractivity contribution in [2.45, 2.75) is 17.9 Å². The molecule has 36 heavy (non-hydrogen) atoms. The molecule has 0 N–H and O–H groups in total.